The molecule has 10 heteroatoms. The van der Waals surface area contributed by atoms with Crippen molar-refractivity contribution >= 4 is 11.6 Å². The van der Waals surface area contributed by atoms with Crippen LogP contribution < -0.4 is 0 Å². The Morgan fingerprint density at radius 2 is 2.00 bits per heavy atom. The van der Waals surface area contributed by atoms with Crippen molar-refractivity contribution in [2.24, 2.45) is 0 Å². The predicted molar refractivity (Wildman–Crippen MR) is 91.5 cm³/mol. The van der Waals surface area contributed by atoms with Crippen molar-refractivity contribution in [1.82, 2.24) is 4.90 Å². The molecule has 2 aliphatic rings. The molecule has 2 saturated heterocycles. The van der Waals surface area contributed by atoms with Gasteiger partial charge in [0.05, 0.1) is 37.6 Å². The summed E-state index contributed by atoms with van der Waals surface area (Å²) in [5, 5.41) is 49.9. The molecule has 0 radical (unpaired) electrons. The fraction of sp³-hybridized carbons (Fsp3) is 0.647. The van der Waals surface area contributed by atoms with E-state index in [1.807, 2.05) is 0 Å². The summed E-state index contributed by atoms with van der Waals surface area (Å²) in [7, 11) is 0. The summed E-state index contributed by atoms with van der Waals surface area (Å²) in [5.74, 6) is -0.532. The summed E-state index contributed by atoms with van der Waals surface area (Å²) in [6, 6.07) is 2.96. The van der Waals surface area contributed by atoms with Gasteiger partial charge in [0.1, 0.15) is 18.0 Å². The Kier molecular flexibility index (Phi) is 6.67. The topological polar surface area (TPSA) is 123 Å². The van der Waals surface area contributed by atoms with Crippen LogP contribution in [0, 0.1) is 5.82 Å². The number of nitrogens with zero attached hydrogens (tertiary/aromatic N) is 1. The maximum Gasteiger partial charge on any atom is 0.186 e. The first-order valence-corrected chi connectivity index (χ1v) is 8.98. The average molecular weight is 408 g/mol. The molecule has 2 fully saturated rings. The number of ether oxygens (including phenoxy) is 2. The average Bonchev–Trinajstić information content (AvgIpc) is 2.90. The fourth-order valence-electron chi connectivity index (χ4n) is 3.49. The van der Waals surface area contributed by atoms with Crippen molar-refractivity contribution in [1.29, 1.82) is 0 Å². The minimum atomic E-state index is -1.22. The van der Waals surface area contributed by atoms with E-state index in [0.29, 0.717) is 0 Å². The molecule has 0 saturated carbocycles. The third-order valence-electron chi connectivity index (χ3n) is 4.96. The van der Waals surface area contributed by atoms with Gasteiger partial charge in [0, 0.05) is 23.7 Å². The molecule has 0 spiro atoms. The third kappa shape index (κ3) is 4.42. The molecule has 0 aromatic heterocycles. The zero-order valence-electron chi connectivity index (χ0n) is 14.4. The van der Waals surface area contributed by atoms with Crippen LogP contribution in [-0.4, -0.2) is 93.3 Å². The number of rotatable bonds is 5. The second-order valence-corrected chi connectivity index (χ2v) is 7.24. The van der Waals surface area contributed by atoms with E-state index in [2.05, 4.69) is 0 Å². The molecule has 152 valence electrons. The minimum Gasteiger partial charge on any atom is -0.395 e. The second kappa shape index (κ2) is 8.64. The number of hydrogen-bond acceptors (Lipinski definition) is 8. The number of likely N-dealkylation sites (tertiary alicyclic amines) is 1. The van der Waals surface area contributed by atoms with Gasteiger partial charge in [0.2, 0.25) is 0 Å². The van der Waals surface area contributed by atoms with Crippen molar-refractivity contribution in [3.8, 4) is 0 Å². The van der Waals surface area contributed by atoms with Gasteiger partial charge in [-0.25, -0.2) is 4.39 Å². The SMILES string of the molecule is OC[C@@H]1[C@@H](O)[C@H](O)CN1C[C@@H](O)[C@H]1OC(c2cc(F)ccc2Cl)OC[C@H]1O. The minimum absolute atomic E-state index is 0.0575. The fourth-order valence-corrected chi connectivity index (χ4v) is 3.70. The molecule has 1 aromatic rings. The Morgan fingerprint density at radius 1 is 1.26 bits per heavy atom. The van der Waals surface area contributed by atoms with E-state index in [1.54, 1.807) is 0 Å². The van der Waals surface area contributed by atoms with Crippen LogP contribution in [0.4, 0.5) is 4.39 Å². The number of halogens is 2. The molecule has 7 atom stereocenters. The maximum atomic E-state index is 13.5. The summed E-state index contributed by atoms with van der Waals surface area (Å²) in [4.78, 5) is 1.52. The quantitative estimate of drug-likeness (QED) is 0.422. The van der Waals surface area contributed by atoms with E-state index >= 15 is 0 Å². The molecule has 1 unspecified atom stereocenters. The van der Waals surface area contributed by atoms with Crippen LogP contribution >= 0.6 is 11.6 Å². The predicted octanol–water partition coefficient (Wildman–Crippen LogP) is -0.987. The zero-order chi connectivity index (χ0) is 19.7. The van der Waals surface area contributed by atoms with E-state index in [1.165, 1.54) is 17.0 Å². The monoisotopic (exact) mass is 407 g/mol. The Balaban J connectivity index is 1.70. The van der Waals surface area contributed by atoms with Crippen LogP contribution in [0.1, 0.15) is 11.9 Å². The number of hydrogen-bond donors (Lipinski definition) is 5. The Bertz CT molecular complexity index is 654. The Labute approximate surface area is 160 Å². The van der Waals surface area contributed by atoms with Gasteiger partial charge in [-0.3, -0.25) is 4.90 Å². The lowest BCUT2D eigenvalue weighted by molar-refractivity contribution is -0.276. The molecule has 0 bridgehead atoms. The summed E-state index contributed by atoms with van der Waals surface area (Å²) in [5.41, 5.74) is 0.237. The first-order valence-electron chi connectivity index (χ1n) is 8.61. The van der Waals surface area contributed by atoms with Gasteiger partial charge in [0.15, 0.2) is 6.29 Å². The van der Waals surface area contributed by atoms with Gasteiger partial charge in [-0.05, 0) is 18.2 Å². The molecule has 8 nitrogen and oxygen atoms in total. The third-order valence-corrected chi connectivity index (χ3v) is 5.30. The molecular weight excluding hydrogens is 385 g/mol. The lowest BCUT2D eigenvalue weighted by Crippen LogP contribution is -2.52. The van der Waals surface area contributed by atoms with E-state index in [-0.39, 0.29) is 30.3 Å². The standard InChI is InChI=1S/C17H23ClFNO7/c18-10-2-1-8(19)3-9(10)17-26-7-14(24)16(27-17)13(23)5-20-4-12(22)15(25)11(20)6-21/h1-3,11-17,21-25H,4-7H2/t11-,12-,13-,14-,15-,16-,17?/m1/s1. The number of β-amino-alcohol motifs (C(OH)–C–C–N with tert-alkyl or cyclic N) is 2. The van der Waals surface area contributed by atoms with Crippen molar-refractivity contribution in [3.63, 3.8) is 0 Å². The van der Waals surface area contributed by atoms with Crippen molar-refractivity contribution in [2.75, 3.05) is 26.3 Å². The van der Waals surface area contributed by atoms with E-state index in [4.69, 9.17) is 21.1 Å². The highest BCUT2D eigenvalue weighted by Crippen LogP contribution is 2.33. The van der Waals surface area contributed by atoms with Gasteiger partial charge in [-0.15, -0.1) is 0 Å². The normalized spacial score (nSPS) is 36.1. The van der Waals surface area contributed by atoms with Crippen LogP contribution in [0.25, 0.3) is 0 Å². The summed E-state index contributed by atoms with van der Waals surface area (Å²) in [6.07, 6.45) is -6.69. The van der Waals surface area contributed by atoms with Crippen LogP contribution in [0.15, 0.2) is 18.2 Å². The first-order chi connectivity index (χ1) is 12.8. The van der Waals surface area contributed by atoms with Crippen molar-refractivity contribution in [3.05, 3.63) is 34.6 Å². The van der Waals surface area contributed by atoms with Crippen LogP contribution in [0.5, 0.6) is 0 Å². The van der Waals surface area contributed by atoms with Gasteiger partial charge in [-0.2, -0.15) is 0 Å². The van der Waals surface area contributed by atoms with Crippen molar-refractivity contribution < 1.29 is 39.4 Å². The maximum absolute atomic E-state index is 13.5. The highest BCUT2D eigenvalue weighted by molar-refractivity contribution is 6.31. The van der Waals surface area contributed by atoms with Gasteiger partial charge in [-0.1, -0.05) is 11.6 Å². The number of benzene rings is 1. The summed E-state index contributed by atoms with van der Waals surface area (Å²) < 4.78 is 24.5. The summed E-state index contributed by atoms with van der Waals surface area (Å²) in [6.45, 7) is -0.565. The molecule has 2 aliphatic heterocycles. The van der Waals surface area contributed by atoms with E-state index in [9.17, 15) is 29.9 Å². The van der Waals surface area contributed by atoms with Crippen LogP contribution in [0.3, 0.4) is 0 Å². The molecule has 5 N–H and O–H groups in total. The second-order valence-electron chi connectivity index (χ2n) is 6.83. The number of aliphatic hydroxyl groups excluding tert-OH is 5. The smallest absolute Gasteiger partial charge is 0.186 e. The van der Waals surface area contributed by atoms with Gasteiger partial charge < -0.3 is 35.0 Å². The summed E-state index contributed by atoms with van der Waals surface area (Å²) >= 11 is 6.06. The molecule has 27 heavy (non-hydrogen) atoms. The van der Waals surface area contributed by atoms with Gasteiger partial charge in [0.25, 0.3) is 0 Å². The first kappa shape index (κ1) is 20.8. The highest BCUT2D eigenvalue weighted by atomic mass is 35.5. The Hall–Kier alpha value is -0.880. The zero-order valence-corrected chi connectivity index (χ0v) is 15.1. The Morgan fingerprint density at radius 3 is 2.70 bits per heavy atom. The van der Waals surface area contributed by atoms with Crippen molar-refractivity contribution in [2.45, 2.75) is 42.9 Å². The lowest BCUT2D eigenvalue weighted by atomic mass is 10.1. The highest BCUT2D eigenvalue weighted by Gasteiger charge is 2.43. The van der Waals surface area contributed by atoms with E-state index < -0.39 is 55.3 Å². The van der Waals surface area contributed by atoms with Crippen LogP contribution in [-0.2, 0) is 9.47 Å². The molecule has 0 amide bonds. The molecule has 3 rings (SSSR count). The van der Waals surface area contributed by atoms with Crippen LogP contribution in [0.2, 0.25) is 5.02 Å². The molecule has 2 heterocycles. The lowest BCUT2D eigenvalue weighted by Gasteiger charge is -2.38. The molecular formula is C17H23ClFNO7. The molecule has 0 aliphatic carbocycles. The largest absolute Gasteiger partial charge is 0.395 e. The molecule has 1 aromatic carbocycles. The number of aliphatic hydroxyl groups is 5. The van der Waals surface area contributed by atoms with Gasteiger partial charge >= 0.3 is 0 Å². The van der Waals surface area contributed by atoms with E-state index in [0.717, 1.165) is 6.07 Å².